The molecule has 1 heterocycles. The molecule has 8 heteroatoms. The molecule has 1 saturated carbocycles. The third-order valence-electron chi connectivity index (χ3n) is 3.28. The molecular formula is C13H10Cl2N2O3S. The first-order valence-electron chi connectivity index (χ1n) is 6.21. The molecule has 0 aliphatic heterocycles. The first kappa shape index (κ1) is 14.7. The van der Waals surface area contributed by atoms with E-state index in [-0.39, 0.29) is 11.2 Å². The second-order valence-corrected chi connectivity index (χ2v) is 6.84. The number of aromatic nitrogens is 2. The van der Waals surface area contributed by atoms with Crippen LogP contribution in [0.25, 0.3) is 11.5 Å². The Hall–Kier alpha value is -1.24. The second-order valence-electron chi connectivity index (χ2n) is 4.74. The first-order valence-corrected chi connectivity index (χ1v) is 7.85. The maximum absolute atomic E-state index is 10.7. The number of benzene rings is 1. The minimum atomic E-state index is -0.744. The van der Waals surface area contributed by atoms with Crippen molar-refractivity contribution in [1.82, 2.24) is 10.2 Å². The number of rotatable bonds is 4. The van der Waals surface area contributed by atoms with Crippen molar-refractivity contribution in [3.8, 4) is 11.5 Å². The van der Waals surface area contributed by atoms with E-state index in [1.807, 2.05) is 0 Å². The number of aliphatic carboxylic acids is 1. The second kappa shape index (κ2) is 5.87. The summed E-state index contributed by atoms with van der Waals surface area (Å²) < 4.78 is 5.56. The van der Waals surface area contributed by atoms with E-state index in [1.54, 1.807) is 18.2 Å². The zero-order chi connectivity index (χ0) is 15.0. The van der Waals surface area contributed by atoms with Crippen molar-refractivity contribution in [2.45, 2.75) is 23.3 Å². The van der Waals surface area contributed by atoms with Gasteiger partial charge in [0.2, 0.25) is 5.89 Å². The lowest BCUT2D eigenvalue weighted by atomic mass is 9.85. The van der Waals surface area contributed by atoms with Crippen LogP contribution in [0.3, 0.4) is 0 Å². The summed E-state index contributed by atoms with van der Waals surface area (Å²) in [5.41, 5.74) is 0.623. The number of carbonyl (C=O) groups is 1. The van der Waals surface area contributed by atoms with Crippen molar-refractivity contribution in [3.05, 3.63) is 28.2 Å². The zero-order valence-electron chi connectivity index (χ0n) is 10.6. The topological polar surface area (TPSA) is 76.2 Å². The Morgan fingerprint density at radius 3 is 2.76 bits per heavy atom. The molecule has 0 radical (unpaired) electrons. The Bertz CT molecular complexity index is 686. The normalized spacial score (nSPS) is 21.0. The summed E-state index contributed by atoms with van der Waals surface area (Å²) in [6.07, 6.45) is 1.25. The van der Waals surface area contributed by atoms with Crippen LogP contribution in [-0.4, -0.2) is 26.5 Å². The van der Waals surface area contributed by atoms with Gasteiger partial charge in [0.05, 0.1) is 16.5 Å². The van der Waals surface area contributed by atoms with Crippen LogP contribution >= 0.6 is 35.0 Å². The predicted molar refractivity (Wildman–Crippen MR) is 79.8 cm³/mol. The predicted octanol–water partition coefficient (Wildman–Crippen LogP) is 4.00. The molecule has 3 rings (SSSR count). The molecule has 110 valence electrons. The van der Waals surface area contributed by atoms with Gasteiger partial charge in [-0.25, -0.2) is 0 Å². The maximum Gasteiger partial charge on any atom is 0.306 e. The van der Waals surface area contributed by atoms with Crippen LogP contribution in [0, 0.1) is 5.92 Å². The fourth-order valence-corrected chi connectivity index (χ4v) is 3.68. The molecule has 1 aliphatic carbocycles. The summed E-state index contributed by atoms with van der Waals surface area (Å²) >= 11 is 13.3. The van der Waals surface area contributed by atoms with Crippen LogP contribution in [0.15, 0.2) is 27.8 Å². The number of carboxylic acids is 1. The lowest BCUT2D eigenvalue weighted by Gasteiger charge is -2.30. The SMILES string of the molecule is O=C(O)[C@H]1C[C@H](Sc2nnc(-c3ccc(Cl)cc3Cl)o2)C1. The van der Waals surface area contributed by atoms with E-state index < -0.39 is 5.97 Å². The highest BCUT2D eigenvalue weighted by Crippen LogP contribution is 2.41. The van der Waals surface area contributed by atoms with Crippen molar-refractivity contribution in [3.63, 3.8) is 0 Å². The number of thioether (sulfide) groups is 1. The van der Waals surface area contributed by atoms with Crippen molar-refractivity contribution < 1.29 is 14.3 Å². The van der Waals surface area contributed by atoms with Crippen LogP contribution in [0.5, 0.6) is 0 Å². The average molecular weight is 345 g/mol. The molecule has 5 nitrogen and oxygen atoms in total. The number of halogens is 2. The summed E-state index contributed by atoms with van der Waals surface area (Å²) in [6.45, 7) is 0. The lowest BCUT2D eigenvalue weighted by molar-refractivity contribution is -0.144. The van der Waals surface area contributed by atoms with Gasteiger partial charge in [0, 0.05) is 10.3 Å². The van der Waals surface area contributed by atoms with Gasteiger partial charge in [-0.05, 0) is 31.0 Å². The van der Waals surface area contributed by atoms with Crippen LogP contribution in [0.1, 0.15) is 12.8 Å². The fourth-order valence-electron chi connectivity index (χ4n) is 2.04. The average Bonchev–Trinajstić information content (AvgIpc) is 2.81. The van der Waals surface area contributed by atoms with E-state index in [4.69, 9.17) is 32.7 Å². The van der Waals surface area contributed by atoms with Crippen LogP contribution < -0.4 is 0 Å². The van der Waals surface area contributed by atoms with Crippen molar-refractivity contribution >= 4 is 40.9 Å². The monoisotopic (exact) mass is 344 g/mol. The lowest BCUT2D eigenvalue weighted by Crippen LogP contribution is -2.32. The molecule has 2 aromatic rings. The maximum atomic E-state index is 10.7. The zero-order valence-corrected chi connectivity index (χ0v) is 13.0. The summed E-state index contributed by atoms with van der Waals surface area (Å²) in [5.74, 6) is -0.671. The van der Waals surface area contributed by atoms with Crippen molar-refractivity contribution in [2.24, 2.45) is 5.92 Å². The van der Waals surface area contributed by atoms with Gasteiger partial charge in [-0.3, -0.25) is 4.79 Å². The Morgan fingerprint density at radius 2 is 2.10 bits per heavy atom. The molecule has 0 saturated heterocycles. The number of nitrogens with zero attached hydrogens (tertiary/aromatic N) is 2. The largest absolute Gasteiger partial charge is 0.481 e. The molecule has 0 spiro atoms. The van der Waals surface area contributed by atoms with E-state index >= 15 is 0 Å². The summed E-state index contributed by atoms with van der Waals surface area (Å²) in [4.78, 5) is 10.7. The molecule has 0 bridgehead atoms. The van der Waals surface area contributed by atoms with Gasteiger partial charge in [-0.1, -0.05) is 35.0 Å². The minimum absolute atomic E-state index is 0.208. The van der Waals surface area contributed by atoms with E-state index in [9.17, 15) is 4.79 Å². The first-order chi connectivity index (χ1) is 10.0. The van der Waals surface area contributed by atoms with Gasteiger partial charge in [0.25, 0.3) is 5.22 Å². The van der Waals surface area contributed by atoms with Crippen molar-refractivity contribution in [1.29, 1.82) is 0 Å². The van der Waals surface area contributed by atoms with Gasteiger partial charge in [0.1, 0.15) is 0 Å². The van der Waals surface area contributed by atoms with E-state index in [1.165, 1.54) is 11.8 Å². The molecular weight excluding hydrogens is 335 g/mol. The van der Waals surface area contributed by atoms with Gasteiger partial charge >= 0.3 is 5.97 Å². The molecule has 1 aromatic carbocycles. The van der Waals surface area contributed by atoms with E-state index in [2.05, 4.69) is 10.2 Å². The Balaban J connectivity index is 1.68. The molecule has 0 atom stereocenters. The molecule has 1 aliphatic rings. The van der Waals surface area contributed by atoms with Crippen LogP contribution in [-0.2, 0) is 4.79 Å². The molecule has 21 heavy (non-hydrogen) atoms. The van der Waals surface area contributed by atoms with Gasteiger partial charge in [-0.15, -0.1) is 10.2 Å². The Morgan fingerprint density at radius 1 is 1.33 bits per heavy atom. The Kier molecular flexibility index (Phi) is 4.10. The minimum Gasteiger partial charge on any atom is -0.481 e. The number of hydrogen-bond donors (Lipinski definition) is 1. The van der Waals surface area contributed by atoms with Gasteiger partial charge in [-0.2, -0.15) is 0 Å². The summed E-state index contributed by atoms with van der Waals surface area (Å²) in [5, 5.41) is 18.4. The summed E-state index contributed by atoms with van der Waals surface area (Å²) in [7, 11) is 0. The standard InChI is InChI=1S/C13H10Cl2N2O3S/c14-7-1-2-9(10(15)5-7)11-16-17-13(20-11)21-8-3-6(4-8)12(18)19/h1-2,5-6,8H,3-4H2,(H,18,19)/t6-,8-. The van der Waals surface area contributed by atoms with Crippen LogP contribution in [0.2, 0.25) is 10.0 Å². The fraction of sp³-hybridized carbons (Fsp3) is 0.308. The smallest absolute Gasteiger partial charge is 0.306 e. The van der Waals surface area contributed by atoms with E-state index in [0.29, 0.717) is 39.6 Å². The number of hydrogen-bond acceptors (Lipinski definition) is 5. The quantitative estimate of drug-likeness (QED) is 0.903. The molecule has 0 unspecified atom stereocenters. The highest BCUT2D eigenvalue weighted by atomic mass is 35.5. The van der Waals surface area contributed by atoms with Gasteiger partial charge in [0.15, 0.2) is 0 Å². The highest BCUT2D eigenvalue weighted by Gasteiger charge is 2.36. The van der Waals surface area contributed by atoms with Crippen molar-refractivity contribution in [2.75, 3.05) is 0 Å². The highest BCUT2D eigenvalue weighted by molar-refractivity contribution is 7.99. The molecule has 1 aromatic heterocycles. The third-order valence-corrected chi connectivity index (χ3v) is 4.91. The van der Waals surface area contributed by atoms with Crippen LogP contribution in [0.4, 0.5) is 0 Å². The molecule has 1 N–H and O–H groups in total. The third kappa shape index (κ3) is 3.17. The molecule has 1 fully saturated rings. The number of carboxylic acid groups (broad SMARTS) is 1. The van der Waals surface area contributed by atoms with E-state index in [0.717, 1.165) is 0 Å². The van der Waals surface area contributed by atoms with Gasteiger partial charge < -0.3 is 9.52 Å². The summed E-state index contributed by atoms with van der Waals surface area (Å²) in [6, 6.07) is 5.03. The Labute approximate surface area is 134 Å². The molecule has 0 amide bonds.